The third kappa shape index (κ3) is 3.68. The number of benzene rings is 1. The van der Waals surface area contributed by atoms with Gasteiger partial charge in [-0.15, -0.1) is 11.3 Å². The number of aliphatic hydroxyl groups is 1. The molecule has 0 saturated heterocycles. The van der Waals surface area contributed by atoms with E-state index in [-0.39, 0.29) is 18.9 Å². The van der Waals surface area contributed by atoms with E-state index in [0.29, 0.717) is 12.3 Å². The molecule has 0 radical (unpaired) electrons. The number of aromatic nitrogens is 1. The molecule has 0 bridgehead atoms. The summed E-state index contributed by atoms with van der Waals surface area (Å²) in [6.07, 6.45) is 2.87. The molecule has 0 aliphatic heterocycles. The molecule has 2 aromatic rings. The summed E-state index contributed by atoms with van der Waals surface area (Å²) in [5.74, 6) is 0.290. The minimum Gasteiger partial charge on any atom is -0.383 e. The largest absolute Gasteiger partial charge is 0.383 e. The number of nitrogens with zero attached hydrogens (tertiary/aromatic N) is 1. The number of carbonyl (C=O) groups excluding carboxylic acids is 1. The number of fused-ring (bicyclic) bond motifs is 1. The minimum absolute atomic E-state index is 0.0907. The normalized spacial score (nSPS) is 20.0. The Morgan fingerprint density at radius 1 is 1.42 bits per heavy atom. The summed E-state index contributed by atoms with van der Waals surface area (Å²) in [5, 5.41) is 16.9. The molecule has 0 saturated carbocycles. The fourth-order valence-corrected chi connectivity index (χ4v) is 4.06. The van der Waals surface area contributed by atoms with Crippen molar-refractivity contribution in [2.24, 2.45) is 0 Å². The fraction of sp³-hybridized carbons (Fsp3) is 0.474. The summed E-state index contributed by atoms with van der Waals surface area (Å²) in [4.78, 5) is 16.7. The van der Waals surface area contributed by atoms with Crippen LogP contribution in [-0.2, 0) is 23.2 Å². The predicted molar refractivity (Wildman–Crippen MR) is 96.2 cm³/mol. The van der Waals surface area contributed by atoms with Crippen LogP contribution in [0.15, 0.2) is 29.6 Å². The summed E-state index contributed by atoms with van der Waals surface area (Å²) in [6, 6.07) is 7.97. The Bertz CT molecular complexity index is 726. The van der Waals surface area contributed by atoms with Gasteiger partial charge >= 0.3 is 0 Å². The number of thiazole rings is 1. The Hall–Kier alpha value is -1.72. The molecule has 1 heterocycles. The van der Waals surface area contributed by atoms with Crippen LogP contribution in [0.4, 0.5) is 0 Å². The first-order valence-electron chi connectivity index (χ1n) is 8.50. The van der Waals surface area contributed by atoms with Crippen LogP contribution in [0.25, 0.3) is 0 Å². The predicted octanol–water partition coefficient (Wildman–Crippen LogP) is 3.15. The maximum atomic E-state index is 12.2. The van der Waals surface area contributed by atoms with Gasteiger partial charge in [0, 0.05) is 11.3 Å². The number of nitrogens with one attached hydrogen (secondary N) is 1. The second-order valence-corrected chi connectivity index (χ2v) is 7.72. The molecule has 0 fully saturated rings. The molecule has 4 nitrogen and oxygen atoms in total. The first kappa shape index (κ1) is 17.1. The van der Waals surface area contributed by atoms with E-state index in [2.05, 4.69) is 30.2 Å². The van der Waals surface area contributed by atoms with Crippen LogP contribution in [-0.4, -0.2) is 22.5 Å². The third-order valence-corrected chi connectivity index (χ3v) is 5.73. The van der Waals surface area contributed by atoms with Gasteiger partial charge in [-0.1, -0.05) is 38.1 Å². The van der Waals surface area contributed by atoms with Gasteiger partial charge in [0.15, 0.2) is 0 Å². The zero-order valence-corrected chi connectivity index (χ0v) is 15.0. The van der Waals surface area contributed by atoms with Crippen molar-refractivity contribution in [3.63, 3.8) is 0 Å². The standard InChI is InChI=1S/C19H24N2O2S/c1-13(2)18-21-15(11-24-18)10-17(22)20-12-19(23)9-5-7-14-6-3-4-8-16(14)19/h3-4,6,8,11,13,23H,5,7,9-10,12H2,1-2H3,(H,20,22)/t19-/m0/s1. The molecule has 1 aromatic carbocycles. The molecule has 2 N–H and O–H groups in total. The molecular weight excluding hydrogens is 320 g/mol. The summed E-state index contributed by atoms with van der Waals surface area (Å²) in [7, 11) is 0. The Morgan fingerprint density at radius 3 is 2.96 bits per heavy atom. The van der Waals surface area contributed by atoms with E-state index in [9.17, 15) is 9.90 Å². The van der Waals surface area contributed by atoms with Crippen LogP contribution in [0.3, 0.4) is 0 Å². The number of carbonyl (C=O) groups is 1. The van der Waals surface area contributed by atoms with Crippen molar-refractivity contribution in [1.82, 2.24) is 10.3 Å². The van der Waals surface area contributed by atoms with Crippen molar-refractivity contribution in [1.29, 1.82) is 0 Å². The van der Waals surface area contributed by atoms with Gasteiger partial charge in [0.05, 0.1) is 23.7 Å². The van der Waals surface area contributed by atoms with Crippen molar-refractivity contribution in [3.05, 3.63) is 51.5 Å². The topological polar surface area (TPSA) is 62.2 Å². The van der Waals surface area contributed by atoms with E-state index in [1.54, 1.807) is 11.3 Å². The lowest BCUT2D eigenvalue weighted by Crippen LogP contribution is -2.43. The first-order chi connectivity index (χ1) is 11.5. The molecule has 1 amide bonds. The lowest BCUT2D eigenvalue weighted by atomic mass is 9.79. The lowest BCUT2D eigenvalue weighted by Gasteiger charge is -2.34. The van der Waals surface area contributed by atoms with E-state index >= 15 is 0 Å². The van der Waals surface area contributed by atoms with Gasteiger partial charge in [-0.3, -0.25) is 4.79 Å². The van der Waals surface area contributed by atoms with Crippen molar-refractivity contribution < 1.29 is 9.90 Å². The molecule has 24 heavy (non-hydrogen) atoms. The fourth-order valence-electron chi connectivity index (χ4n) is 3.22. The molecule has 128 valence electrons. The average molecular weight is 344 g/mol. The van der Waals surface area contributed by atoms with Crippen LogP contribution in [0.1, 0.15) is 54.4 Å². The highest BCUT2D eigenvalue weighted by atomic mass is 32.1. The van der Waals surface area contributed by atoms with E-state index in [4.69, 9.17) is 0 Å². The number of rotatable bonds is 5. The number of amides is 1. The Kier molecular flexibility index (Phi) is 5.01. The molecular formula is C19H24N2O2S. The van der Waals surface area contributed by atoms with Gasteiger partial charge in [-0.25, -0.2) is 4.98 Å². The van der Waals surface area contributed by atoms with E-state index < -0.39 is 5.60 Å². The van der Waals surface area contributed by atoms with Gasteiger partial charge in [0.1, 0.15) is 5.60 Å². The zero-order chi connectivity index (χ0) is 17.2. The number of hydrogen-bond donors (Lipinski definition) is 2. The molecule has 1 aliphatic carbocycles. The van der Waals surface area contributed by atoms with Crippen LogP contribution >= 0.6 is 11.3 Å². The molecule has 0 spiro atoms. The third-order valence-electron chi connectivity index (χ3n) is 4.54. The summed E-state index contributed by atoms with van der Waals surface area (Å²) < 4.78 is 0. The van der Waals surface area contributed by atoms with Gasteiger partial charge in [0.2, 0.25) is 5.91 Å². The van der Waals surface area contributed by atoms with Gasteiger partial charge < -0.3 is 10.4 Å². The molecule has 1 atom stereocenters. The lowest BCUT2D eigenvalue weighted by molar-refractivity contribution is -0.122. The number of hydrogen-bond acceptors (Lipinski definition) is 4. The summed E-state index contributed by atoms with van der Waals surface area (Å²) >= 11 is 1.60. The SMILES string of the molecule is CC(C)c1nc(CC(=O)NC[C@@]2(O)CCCc3ccccc32)cs1. The maximum absolute atomic E-state index is 12.2. The van der Waals surface area contributed by atoms with Crippen LogP contribution in [0.2, 0.25) is 0 Å². The van der Waals surface area contributed by atoms with E-state index in [1.165, 1.54) is 5.56 Å². The zero-order valence-electron chi connectivity index (χ0n) is 14.2. The van der Waals surface area contributed by atoms with Crippen LogP contribution in [0.5, 0.6) is 0 Å². The highest BCUT2D eigenvalue weighted by Gasteiger charge is 2.34. The van der Waals surface area contributed by atoms with Crippen LogP contribution < -0.4 is 5.32 Å². The molecule has 5 heteroatoms. The summed E-state index contributed by atoms with van der Waals surface area (Å²) in [6.45, 7) is 4.45. The van der Waals surface area contributed by atoms with Crippen molar-refractivity contribution >= 4 is 17.2 Å². The van der Waals surface area contributed by atoms with Crippen LogP contribution in [0, 0.1) is 0 Å². The van der Waals surface area contributed by atoms with E-state index in [0.717, 1.165) is 29.1 Å². The molecule has 3 rings (SSSR count). The van der Waals surface area contributed by atoms with Gasteiger partial charge in [-0.05, 0) is 30.4 Å². The molecule has 0 unspecified atom stereocenters. The summed E-state index contributed by atoms with van der Waals surface area (Å²) in [5.41, 5.74) is 1.97. The highest BCUT2D eigenvalue weighted by Crippen LogP contribution is 2.34. The Labute approximate surface area is 146 Å². The highest BCUT2D eigenvalue weighted by molar-refractivity contribution is 7.09. The number of aryl methyl sites for hydroxylation is 1. The quantitative estimate of drug-likeness (QED) is 0.876. The van der Waals surface area contributed by atoms with Crippen molar-refractivity contribution in [3.8, 4) is 0 Å². The average Bonchev–Trinajstić information content (AvgIpc) is 3.02. The van der Waals surface area contributed by atoms with E-state index in [1.807, 2.05) is 23.6 Å². The monoisotopic (exact) mass is 344 g/mol. The maximum Gasteiger partial charge on any atom is 0.226 e. The first-order valence-corrected chi connectivity index (χ1v) is 9.38. The van der Waals surface area contributed by atoms with Crippen molar-refractivity contribution in [2.75, 3.05) is 6.54 Å². The van der Waals surface area contributed by atoms with Crippen molar-refractivity contribution in [2.45, 2.75) is 51.0 Å². The Morgan fingerprint density at radius 2 is 2.21 bits per heavy atom. The second-order valence-electron chi connectivity index (χ2n) is 6.83. The van der Waals surface area contributed by atoms with Gasteiger partial charge in [-0.2, -0.15) is 0 Å². The molecule has 1 aromatic heterocycles. The van der Waals surface area contributed by atoms with Gasteiger partial charge in [0.25, 0.3) is 0 Å². The minimum atomic E-state index is -0.963. The Balaban J connectivity index is 1.62. The smallest absolute Gasteiger partial charge is 0.226 e. The second kappa shape index (κ2) is 7.03. The molecule has 1 aliphatic rings.